The monoisotopic (exact) mass is 523 g/mol. The van der Waals surface area contributed by atoms with E-state index in [2.05, 4.69) is 5.32 Å². The highest BCUT2D eigenvalue weighted by Crippen LogP contribution is 2.22. The summed E-state index contributed by atoms with van der Waals surface area (Å²) < 4.78 is 52.6. The lowest BCUT2D eigenvalue weighted by Gasteiger charge is -2.33. The summed E-state index contributed by atoms with van der Waals surface area (Å²) in [6.45, 7) is 7.51. The molecule has 0 fully saturated rings. The van der Waals surface area contributed by atoms with Gasteiger partial charge < -0.3 is 10.2 Å². The van der Waals surface area contributed by atoms with Gasteiger partial charge in [0.25, 0.3) is 0 Å². The highest BCUT2D eigenvalue weighted by atomic mass is 32.2. The third kappa shape index (κ3) is 8.58. The lowest BCUT2D eigenvalue weighted by molar-refractivity contribution is -0.142. The highest BCUT2D eigenvalue weighted by Gasteiger charge is 2.30. The van der Waals surface area contributed by atoms with Gasteiger partial charge in [-0.15, -0.1) is 0 Å². The second kappa shape index (κ2) is 12.3. The van der Waals surface area contributed by atoms with Gasteiger partial charge in [0.1, 0.15) is 6.04 Å². The molecule has 0 saturated carbocycles. The molecule has 0 spiro atoms. The Balaban J connectivity index is 2.22. The summed E-state index contributed by atoms with van der Waals surface area (Å²) in [5, 5.41) is 2.93. The van der Waals surface area contributed by atoms with Gasteiger partial charge in [-0.1, -0.05) is 37.3 Å². The maximum atomic E-state index is 13.7. The molecule has 0 aromatic heterocycles. The zero-order chi connectivity index (χ0) is 27.1. The SMILES string of the molecule is CC[C@H](C(=O)NC(C)(C)C)N(Cc1ccccc1)C(=O)CCCN(c1ccc(F)c(F)c1)S(C)(=O)=O. The van der Waals surface area contributed by atoms with E-state index in [0.717, 1.165) is 28.3 Å². The maximum absolute atomic E-state index is 13.7. The molecule has 2 amide bonds. The minimum atomic E-state index is -3.81. The molecule has 0 radical (unpaired) electrons. The molecule has 1 atom stereocenters. The number of anilines is 1. The number of benzene rings is 2. The van der Waals surface area contributed by atoms with E-state index >= 15 is 0 Å². The van der Waals surface area contributed by atoms with Crippen LogP contribution in [0.4, 0.5) is 14.5 Å². The number of hydrogen-bond donors (Lipinski definition) is 1. The quantitative estimate of drug-likeness (QED) is 0.478. The Morgan fingerprint density at radius 1 is 1.03 bits per heavy atom. The van der Waals surface area contributed by atoms with E-state index in [1.807, 2.05) is 58.0 Å². The van der Waals surface area contributed by atoms with Crippen LogP contribution in [0.1, 0.15) is 52.5 Å². The molecule has 36 heavy (non-hydrogen) atoms. The topological polar surface area (TPSA) is 86.8 Å². The van der Waals surface area contributed by atoms with Gasteiger partial charge >= 0.3 is 0 Å². The van der Waals surface area contributed by atoms with Gasteiger partial charge in [-0.2, -0.15) is 0 Å². The molecule has 0 aliphatic heterocycles. The second-order valence-electron chi connectivity index (χ2n) is 9.71. The minimum absolute atomic E-state index is 0.0269. The van der Waals surface area contributed by atoms with Crippen LogP contribution in [0.5, 0.6) is 0 Å². The predicted molar refractivity (Wildman–Crippen MR) is 137 cm³/mol. The van der Waals surface area contributed by atoms with Gasteiger partial charge in [0, 0.05) is 31.1 Å². The Labute approximate surface area is 212 Å². The third-order valence-electron chi connectivity index (χ3n) is 5.42. The Morgan fingerprint density at radius 3 is 2.19 bits per heavy atom. The molecule has 7 nitrogen and oxygen atoms in total. The first-order valence-corrected chi connectivity index (χ1v) is 13.7. The van der Waals surface area contributed by atoms with Gasteiger partial charge in [0.2, 0.25) is 21.8 Å². The van der Waals surface area contributed by atoms with E-state index in [-0.39, 0.29) is 43.4 Å². The first-order valence-electron chi connectivity index (χ1n) is 11.8. The van der Waals surface area contributed by atoms with Crippen LogP contribution < -0.4 is 9.62 Å². The van der Waals surface area contributed by atoms with Gasteiger partial charge in [0.15, 0.2) is 11.6 Å². The third-order valence-corrected chi connectivity index (χ3v) is 6.62. The molecule has 0 unspecified atom stereocenters. The van der Waals surface area contributed by atoms with Gasteiger partial charge in [-0.3, -0.25) is 13.9 Å². The standard InChI is InChI=1S/C26H35F2N3O4S/c1-6-23(25(33)29-26(2,3)4)30(18-19-11-8-7-9-12-19)24(32)13-10-16-31(36(5,34)35)20-14-15-21(27)22(28)17-20/h7-9,11-12,14-15,17,23H,6,10,13,16,18H2,1-5H3,(H,29,33)/t23-/m1/s1. The lowest BCUT2D eigenvalue weighted by Crippen LogP contribution is -2.53. The van der Waals surface area contributed by atoms with Crippen molar-refractivity contribution < 1.29 is 26.8 Å². The van der Waals surface area contributed by atoms with Crippen LogP contribution in [0.2, 0.25) is 0 Å². The van der Waals surface area contributed by atoms with Crippen molar-refractivity contribution in [3.63, 3.8) is 0 Å². The summed E-state index contributed by atoms with van der Waals surface area (Å²) in [6.07, 6.45) is 1.43. The summed E-state index contributed by atoms with van der Waals surface area (Å²) in [5.74, 6) is -2.83. The molecular weight excluding hydrogens is 488 g/mol. The molecule has 10 heteroatoms. The Morgan fingerprint density at radius 2 is 1.67 bits per heavy atom. The van der Waals surface area contributed by atoms with Gasteiger partial charge in [-0.05, 0) is 51.3 Å². The number of carbonyl (C=O) groups is 2. The van der Waals surface area contributed by atoms with Crippen LogP contribution in [-0.2, 0) is 26.2 Å². The molecule has 198 valence electrons. The fraction of sp³-hybridized carbons (Fsp3) is 0.462. The van der Waals surface area contributed by atoms with Crippen LogP contribution >= 0.6 is 0 Å². The number of nitrogens with zero attached hydrogens (tertiary/aromatic N) is 2. The summed E-state index contributed by atoms with van der Waals surface area (Å²) in [4.78, 5) is 27.9. The first kappa shape index (κ1) is 29.2. The average Bonchev–Trinajstić information content (AvgIpc) is 2.77. The smallest absolute Gasteiger partial charge is 0.243 e. The fourth-order valence-corrected chi connectivity index (χ4v) is 4.75. The van der Waals surface area contributed by atoms with Crippen LogP contribution in [0.15, 0.2) is 48.5 Å². The van der Waals surface area contributed by atoms with E-state index in [1.54, 1.807) is 0 Å². The van der Waals surface area contributed by atoms with E-state index in [4.69, 9.17) is 0 Å². The van der Waals surface area contributed by atoms with Gasteiger partial charge in [-0.25, -0.2) is 17.2 Å². The fourth-order valence-electron chi connectivity index (χ4n) is 3.80. The summed E-state index contributed by atoms with van der Waals surface area (Å²) in [7, 11) is -3.81. The van der Waals surface area contributed by atoms with E-state index in [0.29, 0.717) is 6.42 Å². The largest absolute Gasteiger partial charge is 0.350 e. The normalized spacial score (nSPS) is 12.6. The number of carbonyl (C=O) groups excluding carboxylic acids is 2. The van der Waals surface area contributed by atoms with Crippen LogP contribution in [0.25, 0.3) is 0 Å². The molecule has 0 saturated heterocycles. The second-order valence-corrected chi connectivity index (χ2v) is 11.6. The van der Waals surface area contributed by atoms with Crippen LogP contribution in [-0.4, -0.2) is 49.5 Å². The molecule has 2 rings (SSSR count). The number of rotatable bonds is 11. The van der Waals surface area contributed by atoms with Crippen molar-refractivity contribution in [2.75, 3.05) is 17.1 Å². The molecule has 1 N–H and O–H groups in total. The predicted octanol–water partition coefficient (Wildman–Crippen LogP) is 4.23. The van der Waals surface area contributed by atoms with Crippen molar-refractivity contribution in [3.8, 4) is 0 Å². The van der Waals surface area contributed by atoms with Crippen molar-refractivity contribution in [1.82, 2.24) is 10.2 Å². The van der Waals surface area contributed by atoms with Crippen molar-refractivity contribution >= 4 is 27.5 Å². The van der Waals surface area contributed by atoms with Crippen LogP contribution in [0, 0.1) is 11.6 Å². The molecule has 0 bridgehead atoms. The van der Waals surface area contributed by atoms with Crippen molar-refractivity contribution in [1.29, 1.82) is 0 Å². The maximum Gasteiger partial charge on any atom is 0.243 e. The number of halogens is 2. The van der Waals surface area contributed by atoms with E-state index < -0.39 is 33.2 Å². The number of hydrogen-bond acceptors (Lipinski definition) is 4. The highest BCUT2D eigenvalue weighted by molar-refractivity contribution is 7.92. The molecule has 2 aromatic carbocycles. The van der Waals surface area contributed by atoms with Gasteiger partial charge in [0.05, 0.1) is 11.9 Å². The van der Waals surface area contributed by atoms with E-state index in [1.165, 1.54) is 11.0 Å². The summed E-state index contributed by atoms with van der Waals surface area (Å²) in [5.41, 5.74) is 0.347. The molecule has 2 aromatic rings. The Bertz CT molecular complexity index is 1150. The Kier molecular flexibility index (Phi) is 9.98. The van der Waals surface area contributed by atoms with E-state index in [9.17, 15) is 26.8 Å². The zero-order valence-corrected chi connectivity index (χ0v) is 22.2. The number of amides is 2. The summed E-state index contributed by atoms with van der Waals surface area (Å²) in [6, 6.07) is 11.4. The van der Waals surface area contributed by atoms with Crippen molar-refractivity contribution in [2.45, 2.75) is 65.1 Å². The van der Waals surface area contributed by atoms with Crippen LogP contribution in [0.3, 0.4) is 0 Å². The molecular formula is C26H35F2N3O4S. The van der Waals surface area contributed by atoms with Crippen molar-refractivity contribution in [3.05, 3.63) is 65.7 Å². The Hall–Kier alpha value is -3.01. The van der Waals surface area contributed by atoms with Crippen molar-refractivity contribution in [2.24, 2.45) is 0 Å². The number of sulfonamides is 1. The minimum Gasteiger partial charge on any atom is -0.350 e. The molecule has 0 heterocycles. The molecule has 0 aliphatic rings. The zero-order valence-electron chi connectivity index (χ0n) is 21.4. The molecule has 0 aliphatic carbocycles. The first-order chi connectivity index (χ1) is 16.7. The number of nitrogens with one attached hydrogen (secondary N) is 1. The lowest BCUT2D eigenvalue weighted by atomic mass is 10.0. The summed E-state index contributed by atoms with van der Waals surface area (Å²) >= 11 is 0. The average molecular weight is 524 g/mol.